The maximum atomic E-state index is 13.4. The van der Waals surface area contributed by atoms with Crippen LogP contribution in [-0.2, 0) is 24.5 Å². The summed E-state index contributed by atoms with van der Waals surface area (Å²) in [5.74, 6) is -5.84. The van der Waals surface area contributed by atoms with Crippen molar-refractivity contribution in [2.75, 3.05) is 14.2 Å². The Morgan fingerprint density at radius 3 is 2.29 bits per heavy atom. The fourth-order valence-electron chi connectivity index (χ4n) is 4.43. The van der Waals surface area contributed by atoms with E-state index in [1.165, 1.54) is 41.9 Å². The lowest BCUT2D eigenvalue weighted by Crippen LogP contribution is -2.64. The van der Waals surface area contributed by atoms with E-state index >= 15 is 0 Å². The highest BCUT2D eigenvalue weighted by atomic mass is 16.7. The molecule has 3 rings (SSSR count). The van der Waals surface area contributed by atoms with Crippen molar-refractivity contribution in [2.45, 2.75) is 45.3 Å². The van der Waals surface area contributed by atoms with Crippen LogP contribution in [0.25, 0.3) is 0 Å². The zero-order valence-corrected chi connectivity index (χ0v) is 16.6. The summed E-state index contributed by atoms with van der Waals surface area (Å²) in [6, 6.07) is 0. The summed E-state index contributed by atoms with van der Waals surface area (Å²) in [6.07, 6.45) is -0.370. The third-order valence-electron chi connectivity index (χ3n) is 5.92. The average Bonchev–Trinajstić information content (AvgIpc) is 2.86. The third-order valence-corrected chi connectivity index (χ3v) is 5.92. The van der Waals surface area contributed by atoms with Crippen LogP contribution >= 0.6 is 0 Å². The van der Waals surface area contributed by atoms with Crippen LogP contribution < -0.4 is 9.47 Å². The second kappa shape index (κ2) is 6.13. The molecule has 1 N–H and O–H groups in total. The maximum absolute atomic E-state index is 13.4. The molecule has 0 amide bonds. The highest BCUT2D eigenvalue weighted by Crippen LogP contribution is 2.61. The predicted octanol–water partition coefficient (Wildman–Crippen LogP) is 1.65. The van der Waals surface area contributed by atoms with Gasteiger partial charge in [-0.3, -0.25) is 19.2 Å². The molecular formula is C20H22O8. The monoisotopic (exact) mass is 390 g/mol. The van der Waals surface area contributed by atoms with Gasteiger partial charge in [0.2, 0.25) is 5.79 Å². The molecule has 1 aliphatic carbocycles. The van der Waals surface area contributed by atoms with Crippen molar-refractivity contribution in [1.29, 1.82) is 0 Å². The van der Waals surface area contributed by atoms with Crippen LogP contribution in [0.2, 0.25) is 0 Å². The Morgan fingerprint density at radius 2 is 1.82 bits per heavy atom. The number of Topliss-reactive ketones (excluding diaryl/α,β-unsaturated/α-hetero) is 4. The first kappa shape index (κ1) is 20.0. The van der Waals surface area contributed by atoms with E-state index in [2.05, 4.69) is 0 Å². The van der Waals surface area contributed by atoms with E-state index in [9.17, 15) is 24.3 Å². The minimum Gasteiger partial charge on any atom is -0.507 e. The van der Waals surface area contributed by atoms with Gasteiger partial charge in [0.15, 0.2) is 17.3 Å². The topological polar surface area (TPSA) is 116 Å². The first-order valence-corrected chi connectivity index (χ1v) is 8.75. The summed E-state index contributed by atoms with van der Waals surface area (Å²) < 4.78 is 17.0. The molecule has 0 saturated heterocycles. The molecule has 3 atom stereocenters. The number of carbonyl (C=O) groups is 4. The van der Waals surface area contributed by atoms with Crippen molar-refractivity contribution < 1.29 is 38.5 Å². The predicted molar refractivity (Wildman–Crippen MR) is 95.9 cm³/mol. The zero-order valence-electron chi connectivity index (χ0n) is 16.6. The second-order valence-corrected chi connectivity index (χ2v) is 7.38. The Hall–Kier alpha value is -2.74. The number of rotatable bonds is 4. The lowest BCUT2D eigenvalue weighted by molar-refractivity contribution is -0.209. The molecule has 1 heterocycles. The van der Waals surface area contributed by atoms with E-state index in [1.807, 2.05) is 0 Å². The summed E-state index contributed by atoms with van der Waals surface area (Å²) in [7, 11) is 2.64. The minimum atomic E-state index is -1.76. The van der Waals surface area contributed by atoms with Crippen LogP contribution in [0.5, 0.6) is 17.2 Å². The average molecular weight is 390 g/mol. The first-order chi connectivity index (χ1) is 13.0. The quantitative estimate of drug-likeness (QED) is 0.609. The standard InChI is InChI=1S/C20H22O8/c1-8-15(24)13(10(3)22)17-14(16(8)26-5)19(4)18(25)12(9(2)21)11(23)7-20(19,27-6)28-17/h12,24H,7H2,1-6H3/t12-,19-,20+/m0/s1. The molecule has 28 heavy (non-hydrogen) atoms. The van der Waals surface area contributed by atoms with Crippen molar-refractivity contribution in [2.24, 2.45) is 5.92 Å². The summed E-state index contributed by atoms with van der Waals surface area (Å²) in [6.45, 7) is 5.48. The molecule has 2 aliphatic rings. The number of aromatic hydroxyl groups is 1. The molecule has 150 valence electrons. The van der Waals surface area contributed by atoms with Crippen molar-refractivity contribution in [3.63, 3.8) is 0 Å². The van der Waals surface area contributed by atoms with Gasteiger partial charge in [-0.2, -0.15) is 0 Å². The van der Waals surface area contributed by atoms with Crippen LogP contribution in [0.4, 0.5) is 0 Å². The van der Waals surface area contributed by atoms with Crippen molar-refractivity contribution in [3.8, 4) is 17.2 Å². The molecule has 1 aromatic carbocycles. The van der Waals surface area contributed by atoms with Gasteiger partial charge < -0.3 is 19.3 Å². The molecule has 1 saturated carbocycles. The van der Waals surface area contributed by atoms with Crippen LogP contribution in [0.15, 0.2) is 0 Å². The zero-order chi connectivity index (χ0) is 21.2. The molecule has 8 nitrogen and oxygen atoms in total. The van der Waals surface area contributed by atoms with Crippen LogP contribution in [0, 0.1) is 12.8 Å². The van der Waals surface area contributed by atoms with Gasteiger partial charge in [0.1, 0.15) is 39.9 Å². The normalized spacial score (nSPS) is 28.4. The maximum Gasteiger partial charge on any atom is 0.234 e. The molecule has 1 fully saturated rings. The number of benzene rings is 1. The summed E-state index contributed by atoms with van der Waals surface area (Å²) in [4.78, 5) is 50.4. The number of hydrogen-bond donors (Lipinski definition) is 1. The van der Waals surface area contributed by atoms with Gasteiger partial charge >= 0.3 is 0 Å². The Morgan fingerprint density at radius 1 is 1.21 bits per heavy atom. The number of carbonyl (C=O) groups excluding carboxylic acids is 4. The van der Waals surface area contributed by atoms with Gasteiger partial charge in [-0.1, -0.05) is 0 Å². The van der Waals surface area contributed by atoms with Crippen molar-refractivity contribution >= 4 is 23.1 Å². The number of hydrogen-bond acceptors (Lipinski definition) is 8. The van der Waals surface area contributed by atoms with E-state index in [0.29, 0.717) is 0 Å². The molecule has 0 unspecified atom stereocenters. The molecule has 0 bridgehead atoms. The smallest absolute Gasteiger partial charge is 0.234 e. The van der Waals surface area contributed by atoms with Crippen LogP contribution in [0.3, 0.4) is 0 Å². The number of ketones is 4. The highest BCUT2D eigenvalue weighted by molar-refractivity contribution is 6.24. The van der Waals surface area contributed by atoms with E-state index < -0.39 is 40.3 Å². The SMILES string of the molecule is COc1c(C)c(O)c(C(C)=O)c2c1[C@@]1(C)C(=O)[C@@H](C(C)=O)C(=O)C[C@@]1(OC)O2. The largest absolute Gasteiger partial charge is 0.507 e. The highest BCUT2D eigenvalue weighted by Gasteiger charge is 2.70. The van der Waals surface area contributed by atoms with Gasteiger partial charge in [-0.15, -0.1) is 0 Å². The van der Waals surface area contributed by atoms with Crippen LogP contribution in [-0.4, -0.2) is 48.2 Å². The summed E-state index contributed by atoms with van der Waals surface area (Å²) >= 11 is 0. The molecule has 0 spiro atoms. The van der Waals surface area contributed by atoms with Crippen LogP contribution in [0.1, 0.15) is 48.7 Å². The number of ether oxygens (including phenoxy) is 3. The van der Waals surface area contributed by atoms with Gasteiger partial charge in [-0.25, -0.2) is 0 Å². The first-order valence-electron chi connectivity index (χ1n) is 8.75. The van der Waals surface area contributed by atoms with Gasteiger partial charge in [-0.05, 0) is 27.7 Å². The lowest BCUT2D eigenvalue weighted by atomic mass is 9.61. The van der Waals surface area contributed by atoms with Crippen molar-refractivity contribution in [1.82, 2.24) is 0 Å². The molecule has 0 aromatic heterocycles. The Kier molecular flexibility index (Phi) is 4.38. The van der Waals surface area contributed by atoms with E-state index in [0.717, 1.165) is 0 Å². The molecule has 0 radical (unpaired) electrons. The van der Waals surface area contributed by atoms with Gasteiger partial charge in [0.25, 0.3) is 0 Å². The molecule has 1 aliphatic heterocycles. The fraction of sp³-hybridized carbons (Fsp3) is 0.500. The number of phenolic OH excluding ortho intramolecular Hbond substituents is 1. The second-order valence-electron chi connectivity index (χ2n) is 7.38. The molecular weight excluding hydrogens is 368 g/mol. The Balaban J connectivity index is 2.47. The van der Waals surface area contributed by atoms with Gasteiger partial charge in [0.05, 0.1) is 19.1 Å². The summed E-state index contributed by atoms with van der Waals surface area (Å²) in [5.41, 5.74) is -1.29. The fourth-order valence-corrected chi connectivity index (χ4v) is 4.43. The Labute approximate surface area is 161 Å². The number of fused-ring (bicyclic) bond motifs is 3. The van der Waals surface area contributed by atoms with E-state index in [1.54, 1.807) is 0 Å². The number of phenols is 1. The summed E-state index contributed by atoms with van der Waals surface area (Å²) in [5, 5.41) is 10.5. The molecule has 8 heteroatoms. The van der Waals surface area contributed by atoms with Gasteiger partial charge in [0, 0.05) is 12.7 Å². The van der Waals surface area contributed by atoms with E-state index in [4.69, 9.17) is 14.2 Å². The van der Waals surface area contributed by atoms with E-state index in [-0.39, 0.29) is 40.4 Å². The Bertz CT molecular complexity index is 946. The number of methoxy groups -OCH3 is 2. The lowest BCUT2D eigenvalue weighted by Gasteiger charge is -2.44. The minimum absolute atomic E-state index is 0.0675. The third kappa shape index (κ3) is 2.15. The van der Waals surface area contributed by atoms with Crippen molar-refractivity contribution in [3.05, 3.63) is 16.7 Å². The molecule has 1 aromatic rings.